The van der Waals surface area contributed by atoms with E-state index in [1.54, 1.807) is 6.07 Å². The fourth-order valence-electron chi connectivity index (χ4n) is 3.96. The summed E-state index contributed by atoms with van der Waals surface area (Å²) in [5, 5.41) is 5.49. The van der Waals surface area contributed by atoms with E-state index in [1.807, 2.05) is 0 Å². The Bertz CT molecular complexity index is 848. The molecule has 2 N–H and O–H groups in total. The van der Waals surface area contributed by atoms with Crippen LogP contribution in [0.25, 0.3) is 0 Å². The van der Waals surface area contributed by atoms with Gasteiger partial charge in [0.05, 0.1) is 18.2 Å². The van der Waals surface area contributed by atoms with Crippen molar-refractivity contribution in [2.45, 2.75) is 38.3 Å². The summed E-state index contributed by atoms with van der Waals surface area (Å²) >= 11 is 0. The lowest BCUT2D eigenvalue weighted by atomic mass is 9.95. The summed E-state index contributed by atoms with van der Waals surface area (Å²) in [5.41, 5.74) is 2.36. The van der Waals surface area contributed by atoms with Crippen molar-refractivity contribution >= 4 is 23.6 Å². The van der Waals surface area contributed by atoms with Gasteiger partial charge in [-0.25, -0.2) is 0 Å². The summed E-state index contributed by atoms with van der Waals surface area (Å²) in [7, 11) is 1.49. The van der Waals surface area contributed by atoms with Gasteiger partial charge >= 0.3 is 0 Å². The van der Waals surface area contributed by atoms with Crippen LogP contribution in [-0.4, -0.2) is 48.2 Å². The van der Waals surface area contributed by atoms with E-state index in [4.69, 9.17) is 4.74 Å². The second-order valence-corrected chi connectivity index (χ2v) is 6.70. The maximum absolute atomic E-state index is 13.0. The van der Waals surface area contributed by atoms with Gasteiger partial charge in [-0.3, -0.25) is 29.4 Å². The summed E-state index contributed by atoms with van der Waals surface area (Å²) in [6, 6.07) is 0.764. The highest BCUT2D eigenvalue weighted by Gasteiger charge is 2.46. The Kier molecular flexibility index (Phi) is 3.99. The van der Waals surface area contributed by atoms with E-state index in [-0.39, 0.29) is 24.0 Å². The standard InChI is InChI=1S/C18H19N3O5/c1-26-15-10-3-2-6-19-8-9(10)7-11-14(15)18(25)21(17(11)24)12-4-5-13(22)20-16(12)23/h7,12,19H,2-6,8H2,1H3,(H,20,22,23). The number of carbonyl (C=O) groups excluding carboxylic acids is 4. The summed E-state index contributed by atoms with van der Waals surface area (Å²) in [4.78, 5) is 50.5. The minimum Gasteiger partial charge on any atom is -0.496 e. The highest BCUT2D eigenvalue weighted by Crippen LogP contribution is 2.39. The Hall–Kier alpha value is -2.74. The molecule has 3 aliphatic rings. The van der Waals surface area contributed by atoms with Gasteiger partial charge in [-0.05, 0) is 43.0 Å². The first kappa shape index (κ1) is 16.7. The van der Waals surface area contributed by atoms with Crippen molar-refractivity contribution in [1.29, 1.82) is 0 Å². The SMILES string of the molecule is COc1c2c(cc3c1C(=O)N(C1CCC(=O)NC1=O)C3=O)CNCCC2. The van der Waals surface area contributed by atoms with Crippen LogP contribution in [-0.2, 0) is 22.6 Å². The number of piperidine rings is 1. The smallest absolute Gasteiger partial charge is 0.266 e. The van der Waals surface area contributed by atoms with Crippen molar-refractivity contribution in [1.82, 2.24) is 15.5 Å². The molecule has 1 unspecified atom stereocenters. The van der Waals surface area contributed by atoms with Crippen molar-refractivity contribution in [2.75, 3.05) is 13.7 Å². The third kappa shape index (κ3) is 2.40. The number of methoxy groups -OCH3 is 1. The third-order valence-corrected chi connectivity index (χ3v) is 5.18. The van der Waals surface area contributed by atoms with Crippen LogP contribution in [0.1, 0.15) is 51.1 Å². The lowest BCUT2D eigenvalue weighted by Gasteiger charge is -2.27. The average Bonchev–Trinajstić information content (AvgIpc) is 2.79. The van der Waals surface area contributed by atoms with E-state index < -0.39 is 29.7 Å². The zero-order valence-corrected chi connectivity index (χ0v) is 14.4. The lowest BCUT2D eigenvalue weighted by molar-refractivity contribution is -0.136. The van der Waals surface area contributed by atoms with Gasteiger partial charge in [0.25, 0.3) is 11.8 Å². The number of nitrogens with one attached hydrogen (secondary N) is 2. The molecule has 4 rings (SSSR count). The Morgan fingerprint density at radius 3 is 2.69 bits per heavy atom. The number of hydrogen-bond donors (Lipinski definition) is 2. The third-order valence-electron chi connectivity index (χ3n) is 5.18. The van der Waals surface area contributed by atoms with Gasteiger partial charge < -0.3 is 10.1 Å². The molecule has 1 saturated heterocycles. The van der Waals surface area contributed by atoms with E-state index in [0.29, 0.717) is 12.3 Å². The summed E-state index contributed by atoms with van der Waals surface area (Å²) in [6.45, 7) is 1.45. The molecule has 26 heavy (non-hydrogen) atoms. The number of carbonyl (C=O) groups is 4. The minimum atomic E-state index is -0.970. The van der Waals surface area contributed by atoms with Crippen LogP contribution in [0.5, 0.6) is 5.75 Å². The Balaban J connectivity index is 1.79. The van der Waals surface area contributed by atoms with Gasteiger partial charge in [0.1, 0.15) is 11.8 Å². The van der Waals surface area contributed by atoms with Crippen LogP contribution in [0.4, 0.5) is 0 Å². The van der Waals surface area contributed by atoms with E-state index >= 15 is 0 Å². The minimum absolute atomic E-state index is 0.0986. The number of amides is 4. The number of nitrogens with zero attached hydrogens (tertiary/aromatic N) is 1. The predicted molar refractivity (Wildman–Crippen MR) is 89.7 cm³/mol. The molecule has 0 radical (unpaired) electrons. The van der Waals surface area contributed by atoms with Crippen LogP contribution in [0.2, 0.25) is 0 Å². The van der Waals surface area contributed by atoms with Crippen molar-refractivity contribution in [3.63, 3.8) is 0 Å². The monoisotopic (exact) mass is 357 g/mol. The summed E-state index contributed by atoms with van der Waals surface area (Å²) in [5.74, 6) is -1.62. The molecule has 1 fully saturated rings. The molecule has 1 aromatic rings. The van der Waals surface area contributed by atoms with Crippen molar-refractivity contribution < 1.29 is 23.9 Å². The van der Waals surface area contributed by atoms with Gasteiger partial charge in [-0.1, -0.05) is 0 Å². The largest absolute Gasteiger partial charge is 0.496 e. The van der Waals surface area contributed by atoms with E-state index in [0.717, 1.165) is 35.4 Å². The number of fused-ring (bicyclic) bond motifs is 2. The van der Waals surface area contributed by atoms with Crippen LogP contribution in [0, 0.1) is 0 Å². The first-order valence-corrected chi connectivity index (χ1v) is 8.68. The van der Waals surface area contributed by atoms with Gasteiger partial charge in [-0.2, -0.15) is 0 Å². The molecular formula is C18H19N3O5. The van der Waals surface area contributed by atoms with Crippen molar-refractivity contribution in [3.8, 4) is 5.75 Å². The molecule has 3 aliphatic heterocycles. The number of ether oxygens (including phenoxy) is 1. The topological polar surface area (TPSA) is 105 Å². The maximum atomic E-state index is 13.0. The first-order chi connectivity index (χ1) is 12.5. The Morgan fingerprint density at radius 1 is 1.15 bits per heavy atom. The normalized spacial score (nSPS) is 22.7. The fraction of sp³-hybridized carbons (Fsp3) is 0.444. The molecule has 3 heterocycles. The molecule has 0 aromatic heterocycles. The van der Waals surface area contributed by atoms with Crippen LogP contribution >= 0.6 is 0 Å². The van der Waals surface area contributed by atoms with Gasteiger partial charge in [-0.15, -0.1) is 0 Å². The number of hydrogen-bond acceptors (Lipinski definition) is 6. The fourth-order valence-corrected chi connectivity index (χ4v) is 3.96. The number of rotatable bonds is 2. The molecule has 1 atom stereocenters. The molecule has 136 valence electrons. The molecular weight excluding hydrogens is 338 g/mol. The quantitative estimate of drug-likeness (QED) is 0.729. The second-order valence-electron chi connectivity index (χ2n) is 6.70. The van der Waals surface area contributed by atoms with Gasteiger partial charge in [0.2, 0.25) is 11.8 Å². The van der Waals surface area contributed by atoms with Gasteiger partial charge in [0, 0.05) is 13.0 Å². The highest BCUT2D eigenvalue weighted by molar-refractivity contribution is 6.24. The van der Waals surface area contributed by atoms with E-state index in [1.165, 1.54) is 7.11 Å². The second kappa shape index (κ2) is 6.21. The molecule has 1 aromatic carbocycles. The highest BCUT2D eigenvalue weighted by atomic mass is 16.5. The summed E-state index contributed by atoms with van der Waals surface area (Å²) < 4.78 is 5.53. The Labute approximate surface area is 149 Å². The van der Waals surface area contributed by atoms with Gasteiger partial charge in [0.15, 0.2) is 0 Å². The van der Waals surface area contributed by atoms with Crippen LogP contribution in [0.3, 0.4) is 0 Å². The van der Waals surface area contributed by atoms with Crippen molar-refractivity contribution in [2.24, 2.45) is 0 Å². The Morgan fingerprint density at radius 2 is 1.96 bits per heavy atom. The lowest BCUT2D eigenvalue weighted by Crippen LogP contribution is -2.54. The summed E-state index contributed by atoms with van der Waals surface area (Å²) in [6.07, 6.45) is 1.89. The molecule has 8 nitrogen and oxygen atoms in total. The van der Waals surface area contributed by atoms with E-state index in [9.17, 15) is 19.2 Å². The van der Waals surface area contributed by atoms with E-state index in [2.05, 4.69) is 10.6 Å². The molecule has 0 bridgehead atoms. The van der Waals surface area contributed by atoms with Crippen LogP contribution in [0.15, 0.2) is 6.07 Å². The number of benzene rings is 1. The zero-order valence-electron chi connectivity index (χ0n) is 14.4. The molecule has 4 amide bonds. The maximum Gasteiger partial charge on any atom is 0.266 e. The molecule has 0 aliphatic carbocycles. The molecule has 8 heteroatoms. The average molecular weight is 357 g/mol. The molecule has 0 spiro atoms. The number of imide groups is 2. The van der Waals surface area contributed by atoms with Crippen molar-refractivity contribution in [3.05, 3.63) is 28.3 Å². The first-order valence-electron chi connectivity index (χ1n) is 8.68. The van der Waals surface area contributed by atoms with Crippen LogP contribution < -0.4 is 15.4 Å². The predicted octanol–water partition coefficient (Wildman–Crippen LogP) is 0.132. The molecule has 0 saturated carbocycles. The zero-order chi connectivity index (χ0) is 18.4.